The molecule has 2 aliphatic heterocycles. The highest BCUT2D eigenvalue weighted by Gasteiger charge is 2.90. The first-order chi connectivity index (χ1) is 23.7. The van der Waals surface area contributed by atoms with Crippen LogP contribution in [0.4, 0.5) is 0 Å². The summed E-state index contributed by atoms with van der Waals surface area (Å²) >= 11 is 0. The molecule has 1 saturated heterocycles. The standard InChI is InChI=1S/C34H41NO16/c1-15-8-9-20-10-11-35-12-21(20)30(43)46-13-31(6)22-23(40)26(48-18(4)38)33(14-45-16(2)36)28(49-19(5)39)24(47-17(3)37)27(50-29(15)42)32(7,44)34(33,51-31)25(22)41/h10-12,15,22,24-28,41,44H,8-9,13-14H2,1-7H3/t15?,22-,24+,25-,26-,27+,28+,31+,32+,33-,34+/m1/s1. The maximum absolute atomic E-state index is 14.7. The summed E-state index contributed by atoms with van der Waals surface area (Å²) < 4.78 is 40.8. The first-order valence-corrected chi connectivity index (χ1v) is 16.3. The average molecular weight is 720 g/mol. The summed E-state index contributed by atoms with van der Waals surface area (Å²) in [5.41, 5.74) is -9.66. The second-order valence-electron chi connectivity index (χ2n) is 13.9. The number of fused-ring (bicyclic) bond motifs is 5. The van der Waals surface area contributed by atoms with Gasteiger partial charge in [-0.15, -0.1) is 0 Å². The molecule has 0 radical (unpaired) electrons. The monoisotopic (exact) mass is 719 g/mol. The van der Waals surface area contributed by atoms with E-state index in [1.807, 2.05) is 0 Å². The Labute approximate surface area is 292 Å². The summed E-state index contributed by atoms with van der Waals surface area (Å²) in [6.07, 6.45) is -7.39. The van der Waals surface area contributed by atoms with E-state index in [9.17, 15) is 43.8 Å². The van der Waals surface area contributed by atoms with E-state index in [0.717, 1.165) is 34.6 Å². The molecule has 2 N–H and O–H groups in total. The van der Waals surface area contributed by atoms with Crippen LogP contribution in [-0.2, 0) is 68.3 Å². The SMILES string of the molecule is CC(=O)OC[C@]12[C@H](OC(C)=O)C(=O)[C@@H]3[C@@H](O)[C@@]14O[C@@]3(C)COC(=O)c1cnccc1CCC(C)C(=O)O[C@@H]([C@H](OC(C)=O)[C@@H]2OC(C)=O)[C@]4(C)O. The number of aliphatic hydroxyl groups is 2. The molecule has 0 amide bonds. The molecule has 17 heteroatoms. The molecular weight excluding hydrogens is 678 g/mol. The number of hydrogen-bond donors (Lipinski definition) is 2. The Morgan fingerprint density at radius 1 is 0.980 bits per heavy atom. The van der Waals surface area contributed by atoms with E-state index in [0.29, 0.717) is 5.56 Å². The van der Waals surface area contributed by atoms with E-state index < -0.39 is 119 Å². The number of hydrogen-bond acceptors (Lipinski definition) is 17. The van der Waals surface area contributed by atoms with Crippen molar-refractivity contribution in [3.63, 3.8) is 0 Å². The van der Waals surface area contributed by atoms with Crippen LogP contribution < -0.4 is 0 Å². The minimum Gasteiger partial charge on any atom is -0.465 e. The van der Waals surface area contributed by atoms with Gasteiger partial charge in [-0.2, -0.15) is 0 Å². The summed E-state index contributed by atoms with van der Waals surface area (Å²) in [7, 11) is 0. The number of Topliss-reactive ketones (excluding diaryl/α,β-unsaturated/α-hetero) is 1. The molecule has 1 spiro atoms. The van der Waals surface area contributed by atoms with Gasteiger partial charge in [0, 0.05) is 40.1 Å². The molecule has 5 rings (SSSR count). The Balaban J connectivity index is 1.88. The normalized spacial score (nSPS) is 38.9. The van der Waals surface area contributed by atoms with E-state index in [2.05, 4.69) is 4.98 Å². The van der Waals surface area contributed by atoms with Gasteiger partial charge in [0.05, 0.1) is 23.5 Å². The molecule has 4 aliphatic rings. The number of aliphatic hydroxyl groups excluding tert-OH is 1. The minimum atomic E-state index is -2.76. The molecule has 278 valence electrons. The lowest BCUT2D eigenvalue weighted by atomic mass is 9.45. The number of carbonyl (C=O) groups excluding carboxylic acids is 7. The number of ether oxygens (including phenoxy) is 7. The molecule has 3 fully saturated rings. The zero-order valence-corrected chi connectivity index (χ0v) is 29.2. The van der Waals surface area contributed by atoms with Crippen molar-refractivity contribution in [2.75, 3.05) is 13.2 Å². The molecule has 51 heavy (non-hydrogen) atoms. The number of aromatic nitrogens is 1. The number of cyclic esters (lactones) is 1. The quantitative estimate of drug-likeness (QED) is 0.299. The lowest BCUT2D eigenvalue weighted by molar-refractivity contribution is -0.376. The second-order valence-corrected chi connectivity index (χ2v) is 13.9. The van der Waals surface area contributed by atoms with E-state index >= 15 is 0 Å². The number of rotatable bonds is 5. The Hall–Kier alpha value is -4.48. The van der Waals surface area contributed by atoms with Crippen molar-refractivity contribution in [2.45, 2.75) is 109 Å². The number of aryl methyl sites for hydroxylation is 1. The van der Waals surface area contributed by atoms with Gasteiger partial charge in [0.25, 0.3) is 0 Å². The maximum atomic E-state index is 14.7. The summed E-state index contributed by atoms with van der Waals surface area (Å²) in [6.45, 7) is 5.97. The van der Waals surface area contributed by atoms with E-state index in [1.54, 1.807) is 6.07 Å². The Morgan fingerprint density at radius 3 is 2.24 bits per heavy atom. The van der Waals surface area contributed by atoms with Gasteiger partial charge in [-0.1, -0.05) is 6.92 Å². The number of pyridine rings is 1. The van der Waals surface area contributed by atoms with Gasteiger partial charge in [-0.25, -0.2) is 4.79 Å². The number of nitrogens with zero attached hydrogens (tertiary/aromatic N) is 1. The van der Waals surface area contributed by atoms with Crippen molar-refractivity contribution in [1.29, 1.82) is 0 Å². The summed E-state index contributed by atoms with van der Waals surface area (Å²) in [5.74, 6) is -9.68. The molecule has 2 saturated carbocycles. The minimum absolute atomic E-state index is 0.0418. The van der Waals surface area contributed by atoms with Gasteiger partial charge >= 0.3 is 35.8 Å². The fourth-order valence-corrected chi connectivity index (χ4v) is 8.34. The molecule has 3 heterocycles. The second kappa shape index (κ2) is 13.2. The molecule has 2 aliphatic carbocycles. The highest BCUT2D eigenvalue weighted by molar-refractivity contribution is 5.93. The molecule has 0 aromatic carbocycles. The van der Waals surface area contributed by atoms with Gasteiger partial charge in [-0.05, 0) is 38.3 Å². The molecule has 4 bridgehead atoms. The third-order valence-electron chi connectivity index (χ3n) is 10.4. The largest absolute Gasteiger partial charge is 0.465 e. The van der Waals surface area contributed by atoms with Crippen molar-refractivity contribution in [1.82, 2.24) is 4.98 Å². The van der Waals surface area contributed by atoms with E-state index in [4.69, 9.17) is 33.2 Å². The summed E-state index contributed by atoms with van der Waals surface area (Å²) in [4.78, 5) is 97.0. The zero-order chi connectivity index (χ0) is 37.8. The van der Waals surface area contributed by atoms with Crippen molar-refractivity contribution in [3.8, 4) is 0 Å². The Morgan fingerprint density at radius 2 is 1.63 bits per heavy atom. The third kappa shape index (κ3) is 5.84. The smallest absolute Gasteiger partial charge is 0.340 e. The Kier molecular flexibility index (Phi) is 9.81. The molecule has 1 unspecified atom stereocenters. The molecule has 1 aromatic rings. The van der Waals surface area contributed by atoms with Crippen LogP contribution in [0, 0.1) is 17.3 Å². The van der Waals surface area contributed by atoms with Crippen LogP contribution in [0.2, 0.25) is 0 Å². The molecular formula is C34H41NO16. The number of carbonyl (C=O) groups is 7. The molecule has 1 aromatic heterocycles. The third-order valence-corrected chi connectivity index (χ3v) is 10.4. The van der Waals surface area contributed by atoms with Crippen LogP contribution in [0.5, 0.6) is 0 Å². The highest BCUT2D eigenvalue weighted by atomic mass is 16.7. The van der Waals surface area contributed by atoms with Crippen molar-refractivity contribution in [2.24, 2.45) is 17.3 Å². The average Bonchev–Trinajstić information content (AvgIpc) is 3.24. The van der Waals surface area contributed by atoms with Gasteiger partial charge < -0.3 is 43.4 Å². The summed E-state index contributed by atoms with van der Waals surface area (Å²) in [6, 6.07) is 1.56. The van der Waals surface area contributed by atoms with Gasteiger partial charge in [0.15, 0.2) is 30.2 Å². The van der Waals surface area contributed by atoms with E-state index in [1.165, 1.54) is 26.2 Å². The lowest BCUT2D eigenvalue weighted by Gasteiger charge is -2.66. The predicted molar refractivity (Wildman–Crippen MR) is 165 cm³/mol. The van der Waals surface area contributed by atoms with Crippen LogP contribution in [0.3, 0.4) is 0 Å². The number of ketones is 1. The van der Waals surface area contributed by atoms with Crippen LogP contribution in [0.15, 0.2) is 18.5 Å². The fraction of sp³-hybridized carbons (Fsp3) is 0.647. The predicted octanol–water partition coefficient (Wildman–Crippen LogP) is -0.0708. The van der Waals surface area contributed by atoms with Crippen molar-refractivity contribution in [3.05, 3.63) is 29.6 Å². The topological polar surface area (TPSA) is 237 Å². The Bertz CT molecular complexity index is 1660. The zero-order valence-electron chi connectivity index (χ0n) is 29.2. The van der Waals surface area contributed by atoms with Crippen LogP contribution in [-0.4, -0.2) is 117 Å². The van der Waals surface area contributed by atoms with Crippen LogP contribution >= 0.6 is 0 Å². The first kappa shape index (κ1) is 37.8. The lowest BCUT2D eigenvalue weighted by Crippen LogP contribution is -2.88. The van der Waals surface area contributed by atoms with Gasteiger partial charge in [0.2, 0.25) is 0 Å². The van der Waals surface area contributed by atoms with Gasteiger partial charge in [-0.3, -0.25) is 33.8 Å². The highest BCUT2D eigenvalue weighted by Crippen LogP contribution is 2.68. The van der Waals surface area contributed by atoms with Crippen molar-refractivity contribution < 1.29 is 76.9 Å². The fourth-order valence-electron chi connectivity index (χ4n) is 8.34. The molecule has 17 nitrogen and oxygen atoms in total. The van der Waals surface area contributed by atoms with Gasteiger partial charge in [0.1, 0.15) is 35.4 Å². The van der Waals surface area contributed by atoms with Crippen molar-refractivity contribution >= 4 is 41.6 Å². The van der Waals surface area contributed by atoms with Crippen LogP contribution in [0.1, 0.15) is 70.8 Å². The van der Waals surface area contributed by atoms with Crippen LogP contribution in [0.25, 0.3) is 0 Å². The number of esters is 6. The van der Waals surface area contributed by atoms with E-state index in [-0.39, 0.29) is 18.4 Å². The maximum Gasteiger partial charge on any atom is 0.340 e. The molecule has 11 atom stereocenters. The summed E-state index contributed by atoms with van der Waals surface area (Å²) in [5, 5.41) is 25.3. The first-order valence-electron chi connectivity index (χ1n) is 16.3.